The van der Waals surface area contributed by atoms with Gasteiger partial charge >= 0.3 is 6.18 Å². The molecule has 13 heavy (non-hydrogen) atoms. The van der Waals surface area contributed by atoms with Gasteiger partial charge in [0, 0.05) is 12.5 Å². The Morgan fingerprint density at radius 3 is 2.62 bits per heavy atom. The molecule has 0 saturated carbocycles. The number of nitrogens with one attached hydrogen (secondary N) is 1. The fraction of sp³-hybridized carbons (Fsp3) is 1.00. The number of hydrogen-bond acceptors (Lipinski definition) is 2. The zero-order valence-electron chi connectivity index (χ0n) is 7.27. The van der Waals surface area contributed by atoms with E-state index in [9.17, 15) is 18.3 Å². The van der Waals surface area contributed by atoms with Crippen LogP contribution in [-0.4, -0.2) is 30.0 Å². The smallest absolute Gasteiger partial charge is 0.389 e. The lowest BCUT2D eigenvalue weighted by Gasteiger charge is -2.18. The van der Waals surface area contributed by atoms with Crippen LogP contribution in [-0.2, 0) is 0 Å². The number of rotatable bonds is 3. The molecule has 0 aromatic carbocycles. The maximum Gasteiger partial charge on any atom is 0.389 e. The fourth-order valence-corrected chi connectivity index (χ4v) is 1.55. The van der Waals surface area contributed by atoms with Crippen molar-refractivity contribution in [3.63, 3.8) is 0 Å². The van der Waals surface area contributed by atoms with Crippen LogP contribution >= 0.6 is 0 Å². The van der Waals surface area contributed by atoms with Crippen LogP contribution in [0, 0.1) is 0 Å². The average molecular weight is 197 g/mol. The highest BCUT2D eigenvalue weighted by atomic mass is 19.4. The van der Waals surface area contributed by atoms with Crippen molar-refractivity contribution in [2.75, 3.05) is 6.54 Å². The lowest BCUT2D eigenvalue weighted by Crippen LogP contribution is -2.35. The summed E-state index contributed by atoms with van der Waals surface area (Å²) in [5.74, 6) is 0. The van der Waals surface area contributed by atoms with E-state index in [0.717, 1.165) is 19.4 Å². The van der Waals surface area contributed by atoms with E-state index in [0.29, 0.717) is 0 Å². The summed E-state index contributed by atoms with van der Waals surface area (Å²) in [4.78, 5) is 0. The SMILES string of the molecule is OC(CCC(F)(F)F)C1CCCN1. The minimum atomic E-state index is -4.15. The highest BCUT2D eigenvalue weighted by Crippen LogP contribution is 2.24. The Morgan fingerprint density at radius 1 is 1.46 bits per heavy atom. The molecule has 5 heteroatoms. The highest BCUT2D eigenvalue weighted by Gasteiger charge is 2.30. The van der Waals surface area contributed by atoms with Gasteiger partial charge in [-0.15, -0.1) is 0 Å². The molecule has 0 aromatic heterocycles. The molecule has 1 heterocycles. The Morgan fingerprint density at radius 2 is 2.15 bits per heavy atom. The van der Waals surface area contributed by atoms with Crippen LogP contribution in [0.1, 0.15) is 25.7 Å². The molecule has 1 aliphatic rings. The van der Waals surface area contributed by atoms with Crippen molar-refractivity contribution in [3.8, 4) is 0 Å². The van der Waals surface area contributed by atoms with Crippen LogP contribution in [0.25, 0.3) is 0 Å². The minimum Gasteiger partial charge on any atom is -0.392 e. The zero-order valence-corrected chi connectivity index (χ0v) is 7.27. The number of aliphatic hydroxyl groups excluding tert-OH is 1. The van der Waals surface area contributed by atoms with Crippen molar-refractivity contribution >= 4 is 0 Å². The third kappa shape index (κ3) is 3.95. The molecule has 0 amide bonds. The quantitative estimate of drug-likeness (QED) is 0.717. The van der Waals surface area contributed by atoms with E-state index in [2.05, 4.69) is 5.32 Å². The Hall–Kier alpha value is -0.290. The predicted molar refractivity (Wildman–Crippen MR) is 42.3 cm³/mol. The maximum atomic E-state index is 11.8. The summed E-state index contributed by atoms with van der Waals surface area (Å²) in [7, 11) is 0. The minimum absolute atomic E-state index is 0.137. The van der Waals surface area contributed by atoms with Crippen molar-refractivity contribution in [2.45, 2.75) is 44.0 Å². The number of hydrogen-bond donors (Lipinski definition) is 2. The molecule has 78 valence electrons. The molecule has 2 atom stereocenters. The molecular weight excluding hydrogens is 183 g/mol. The van der Waals surface area contributed by atoms with E-state index < -0.39 is 18.7 Å². The van der Waals surface area contributed by atoms with E-state index in [1.54, 1.807) is 0 Å². The Kier molecular flexibility index (Phi) is 3.55. The van der Waals surface area contributed by atoms with E-state index in [1.807, 2.05) is 0 Å². The molecule has 0 aliphatic carbocycles. The molecule has 1 saturated heterocycles. The Bertz CT molecular complexity index is 154. The molecule has 2 unspecified atom stereocenters. The van der Waals surface area contributed by atoms with E-state index in [-0.39, 0.29) is 12.5 Å². The molecule has 0 aromatic rings. The van der Waals surface area contributed by atoms with Crippen LogP contribution in [0.5, 0.6) is 0 Å². The van der Waals surface area contributed by atoms with Gasteiger partial charge in [0.05, 0.1) is 6.10 Å². The van der Waals surface area contributed by atoms with Crippen LogP contribution in [0.4, 0.5) is 13.2 Å². The summed E-state index contributed by atoms with van der Waals surface area (Å²) in [6.45, 7) is 0.799. The molecule has 0 spiro atoms. The lowest BCUT2D eigenvalue weighted by molar-refractivity contribution is -0.140. The van der Waals surface area contributed by atoms with Gasteiger partial charge in [0.25, 0.3) is 0 Å². The number of alkyl halides is 3. The summed E-state index contributed by atoms with van der Waals surface area (Å²) in [6, 6.07) is -0.137. The second-order valence-corrected chi connectivity index (χ2v) is 3.42. The zero-order chi connectivity index (χ0) is 9.90. The van der Waals surface area contributed by atoms with Crippen LogP contribution in [0.2, 0.25) is 0 Å². The molecule has 1 rings (SSSR count). The number of aliphatic hydroxyl groups is 1. The third-order valence-electron chi connectivity index (χ3n) is 2.29. The van der Waals surface area contributed by atoms with Gasteiger partial charge < -0.3 is 10.4 Å². The first-order chi connectivity index (χ1) is 5.99. The van der Waals surface area contributed by atoms with E-state index in [1.165, 1.54) is 0 Å². The van der Waals surface area contributed by atoms with E-state index in [4.69, 9.17) is 0 Å². The van der Waals surface area contributed by atoms with Crippen LogP contribution in [0.15, 0.2) is 0 Å². The van der Waals surface area contributed by atoms with Gasteiger partial charge in [-0.1, -0.05) is 0 Å². The van der Waals surface area contributed by atoms with Gasteiger partial charge in [0.1, 0.15) is 0 Å². The summed E-state index contributed by atoms with van der Waals surface area (Å²) in [6.07, 6.45) is -4.39. The van der Waals surface area contributed by atoms with Crippen LogP contribution in [0.3, 0.4) is 0 Å². The molecule has 0 bridgehead atoms. The van der Waals surface area contributed by atoms with Crippen molar-refractivity contribution in [1.82, 2.24) is 5.32 Å². The summed E-state index contributed by atoms with van der Waals surface area (Å²) in [5, 5.41) is 12.3. The highest BCUT2D eigenvalue weighted by molar-refractivity contribution is 4.81. The van der Waals surface area contributed by atoms with Crippen molar-refractivity contribution in [1.29, 1.82) is 0 Å². The monoisotopic (exact) mass is 197 g/mol. The second kappa shape index (κ2) is 4.28. The van der Waals surface area contributed by atoms with Gasteiger partial charge in [-0.25, -0.2) is 0 Å². The van der Waals surface area contributed by atoms with Crippen molar-refractivity contribution in [2.24, 2.45) is 0 Å². The molecule has 0 radical (unpaired) electrons. The second-order valence-electron chi connectivity index (χ2n) is 3.42. The first-order valence-corrected chi connectivity index (χ1v) is 4.47. The normalized spacial score (nSPS) is 26.3. The molecule has 1 fully saturated rings. The standard InChI is InChI=1S/C8H14F3NO/c9-8(10,11)4-3-7(13)6-2-1-5-12-6/h6-7,12-13H,1-5H2. The molecular formula is C8H14F3NO. The molecule has 2 N–H and O–H groups in total. The first kappa shape index (κ1) is 10.8. The van der Waals surface area contributed by atoms with Gasteiger partial charge in [-0.05, 0) is 25.8 Å². The first-order valence-electron chi connectivity index (χ1n) is 4.47. The van der Waals surface area contributed by atoms with Crippen molar-refractivity contribution in [3.05, 3.63) is 0 Å². The Balaban J connectivity index is 2.20. The summed E-state index contributed by atoms with van der Waals surface area (Å²) >= 11 is 0. The number of halogens is 3. The largest absolute Gasteiger partial charge is 0.392 e. The lowest BCUT2D eigenvalue weighted by atomic mass is 10.0. The fourth-order valence-electron chi connectivity index (χ4n) is 1.55. The summed E-state index contributed by atoms with van der Waals surface area (Å²) < 4.78 is 35.3. The van der Waals surface area contributed by atoms with Gasteiger partial charge in [0.15, 0.2) is 0 Å². The Labute approximate surface area is 75.1 Å². The molecule has 1 aliphatic heterocycles. The van der Waals surface area contributed by atoms with Crippen LogP contribution < -0.4 is 5.32 Å². The van der Waals surface area contributed by atoms with Gasteiger partial charge in [-0.3, -0.25) is 0 Å². The maximum absolute atomic E-state index is 11.8. The average Bonchev–Trinajstić information content (AvgIpc) is 2.50. The molecule has 2 nitrogen and oxygen atoms in total. The summed E-state index contributed by atoms with van der Waals surface area (Å²) in [5.41, 5.74) is 0. The third-order valence-corrected chi connectivity index (χ3v) is 2.29. The van der Waals surface area contributed by atoms with Gasteiger partial charge in [0.2, 0.25) is 0 Å². The van der Waals surface area contributed by atoms with Crippen molar-refractivity contribution < 1.29 is 18.3 Å². The topological polar surface area (TPSA) is 32.3 Å². The van der Waals surface area contributed by atoms with E-state index >= 15 is 0 Å². The predicted octanol–water partition coefficient (Wildman–Crippen LogP) is 1.44. The van der Waals surface area contributed by atoms with Gasteiger partial charge in [-0.2, -0.15) is 13.2 Å².